The second kappa shape index (κ2) is 6.75. The quantitative estimate of drug-likeness (QED) is 0.453. The van der Waals surface area contributed by atoms with Crippen LogP contribution in [0.5, 0.6) is 0 Å². The van der Waals surface area contributed by atoms with E-state index in [1.807, 2.05) is 0 Å². The maximum atomic E-state index is 13.4. The van der Waals surface area contributed by atoms with Gasteiger partial charge in [0.2, 0.25) is 0 Å². The van der Waals surface area contributed by atoms with Crippen LogP contribution in [0.15, 0.2) is 60.0 Å². The zero-order valence-electron chi connectivity index (χ0n) is 12.2. The van der Waals surface area contributed by atoms with Crippen LogP contribution >= 0.6 is 0 Å². The van der Waals surface area contributed by atoms with Gasteiger partial charge in [-0.2, -0.15) is 0 Å². The maximum absolute atomic E-state index is 13.4. The van der Waals surface area contributed by atoms with Crippen LogP contribution in [0, 0.1) is 21.7 Å². The van der Waals surface area contributed by atoms with Gasteiger partial charge in [0.1, 0.15) is 0 Å². The standard InChI is InChI=1S/C15H12F2N2O4S/c1-2-9-18(12-5-8-14(16)15(17)10-12)24(22,23)13-6-3-11(4-7-13)19(20)21/h2-8,10H,1,9H2. The number of benzene rings is 2. The first kappa shape index (κ1) is 17.5. The molecule has 9 heteroatoms. The van der Waals surface area contributed by atoms with E-state index in [2.05, 4.69) is 6.58 Å². The molecule has 0 N–H and O–H groups in total. The molecule has 6 nitrogen and oxygen atoms in total. The van der Waals surface area contributed by atoms with E-state index in [9.17, 15) is 27.3 Å². The summed E-state index contributed by atoms with van der Waals surface area (Å²) in [5.74, 6) is -2.30. The van der Waals surface area contributed by atoms with Gasteiger partial charge in [0.25, 0.3) is 15.7 Å². The first-order valence-corrected chi connectivity index (χ1v) is 8.04. The molecule has 0 unspecified atom stereocenters. The molecular formula is C15H12F2N2O4S. The second-order valence-corrected chi connectivity index (χ2v) is 6.54. The van der Waals surface area contributed by atoms with E-state index in [0.29, 0.717) is 0 Å². The summed E-state index contributed by atoms with van der Waals surface area (Å²) in [5, 5.41) is 10.6. The lowest BCUT2D eigenvalue weighted by molar-refractivity contribution is -0.384. The molecule has 2 aromatic rings. The number of anilines is 1. The largest absolute Gasteiger partial charge is 0.269 e. The average molecular weight is 354 g/mol. The number of hydrogen-bond acceptors (Lipinski definition) is 4. The highest BCUT2D eigenvalue weighted by molar-refractivity contribution is 7.92. The molecule has 0 aliphatic rings. The molecule has 0 amide bonds. The fraction of sp³-hybridized carbons (Fsp3) is 0.0667. The molecule has 2 aromatic carbocycles. The highest BCUT2D eigenvalue weighted by atomic mass is 32.2. The van der Waals surface area contributed by atoms with Gasteiger partial charge >= 0.3 is 0 Å². The van der Waals surface area contributed by atoms with Crippen molar-refractivity contribution in [1.29, 1.82) is 0 Å². The third-order valence-electron chi connectivity index (χ3n) is 3.12. The Balaban J connectivity index is 2.50. The van der Waals surface area contributed by atoms with Gasteiger partial charge in [0.05, 0.1) is 22.1 Å². The maximum Gasteiger partial charge on any atom is 0.269 e. The van der Waals surface area contributed by atoms with Crippen LogP contribution < -0.4 is 4.31 Å². The fourth-order valence-electron chi connectivity index (χ4n) is 1.97. The molecule has 126 valence electrons. The van der Waals surface area contributed by atoms with E-state index >= 15 is 0 Å². The van der Waals surface area contributed by atoms with Crippen LogP contribution in [0.25, 0.3) is 0 Å². The molecule has 0 bridgehead atoms. The van der Waals surface area contributed by atoms with Crippen LogP contribution in [0.2, 0.25) is 0 Å². The molecule has 0 saturated carbocycles. The van der Waals surface area contributed by atoms with Crippen molar-refractivity contribution in [2.75, 3.05) is 10.8 Å². The molecule has 0 spiro atoms. The molecule has 24 heavy (non-hydrogen) atoms. The summed E-state index contributed by atoms with van der Waals surface area (Å²) in [5.41, 5.74) is -0.357. The molecule has 0 atom stereocenters. The Hall–Kier alpha value is -2.81. The van der Waals surface area contributed by atoms with Crippen LogP contribution in [-0.4, -0.2) is 19.9 Å². The Kier molecular flexibility index (Phi) is 4.93. The fourth-order valence-corrected chi connectivity index (χ4v) is 3.39. The number of nitro benzene ring substituents is 1. The van der Waals surface area contributed by atoms with E-state index in [1.54, 1.807) is 0 Å². The molecular weight excluding hydrogens is 342 g/mol. The Morgan fingerprint density at radius 1 is 1.12 bits per heavy atom. The van der Waals surface area contributed by atoms with Gasteiger partial charge in [-0.05, 0) is 24.3 Å². The van der Waals surface area contributed by atoms with Crippen molar-refractivity contribution in [3.63, 3.8) is 0 Å². The molecule has 0 aromatic heterocycles. The minimum Gasteiger partial charge on any atom is -0.262 e. The monoisotopic (exact) mass is 354 g/mol. The van der Waals surface area contributed by atoms with E-state index in [0.717, 1.165) is 46.8 Å². The van der Waals surface area contributed by atoms with E-state index in [4.69, 9.17) is 0 Å². The number of rotatable bonds is 6. The Labute approximate surface area is 136 Å². The predicted octanol–water partition coefficient (Wildman–Crippen LogP) is 3.25. The highest BCUT2D eigenvalue weighted by Gasteiger charge is 2.25. The van der Waals surface area contributed by atoms with Crippen molar-refractivity contribution >= 4 is 21.4 Å². The van der Waals surface area contributed by atoms with E-state index < -0.39 is 26.6 Å². The normalized spacial score (nSPS) is 11.1. The molecule has 0 heterocycles. The Bertz CT molecular complexity index is 883. The zero-order valence-corrected chi connectivity index (χ0v) is 13.0. The third-order valence-corrected chi connectivity index (χ3v) is 4.93. The first-order valence-electron chi connectivity index (χ1n) is 6.60. The summed E-state index contributed by atoms with van der Waals surface area (Å²) >= 11 is 0. The predicted molar refractivity (Wildman–Crippen MR) is 84.2 cm³/mol. The van der Waals surface area contributed by atoms with Crippen molar-refractivity contribution in [2.24, 2.45) is 0 Å². The third kappa shape index (κ3) is 3.40. The summed E-state index contributed by atoms with van der Waals surface area (Å²) in [7, 11) is -4.14. The van der Waals surface area contributed by atoms with Gasteiger partial charge in [-0.3, -0.25) is 14.4 Å². The summed E-state index contributed by atoms with van der Waals surface area (Å²) in [6.07, 6.45) is 1.28. The van der Waals surface area contributed by atoms with Crippen molar-refractivity contribution in [2.45, 2.75) is 4.90 Å². The first-order chi connectivity index (χ1) is 11.3. The SMILES string of the molecule is C=CCN(c1ccc(F)c(F)c1)S(=O)(=O)c1ccc([N+](=O)[O-])cc1. The average Bonchev–Trinajstić information content (AvgIpc) is 2.55. The number of hydrogen-bond donors (Lipinski definition) is 0. The van der Waals surface area contributed by atoms with Crippen LogP contribution in [0.4, 0.5) is 20.2 Å². The van der Waals surface area contributed by atoms with E-state index in [1.165, 1.54) is 6.08 Å². The summed E-state index contributed by atoms with van der Waals surface area (Å²) < 4.78 is 52.7. The second-order valence-electron chi connectivity index (χ2n) is 4.67. The topological polar surface area (TPSA) is 80.5 Å². The molecule has 0 radical (unpaired) electrons. The van der Waals surface area contributed by atoms with Crippen LogP contribution in [0.1, 0.15) is 0 Å². The molecule has 0 aliphatic carbocycles. The van der Waals surface area contributed by atoms with Gasteiger partial charge in [-0.1, -0.05) is 6.08 Å². The minimum absolute atomic E-state index is 0.0906. The number of nitrogens with zero attached hydrogens (tertiary/aromatic N) is 2. The number of halogens is 2. The van der Waals surface area contributed by atoms with Gasteiger partial charge in [-0.25, -0.2) is 17.2 Å². The summed E-state index contributed by atoms with van der Waals surface area (Å²) in [6.45, 7) is 3.26. The van der Waals surface area contributed by atoms with E-state index in [-0.39, 0.29) is 22.8 Å². The lowest BCUT2D eigenvalue weighted by Gasteiger charge is -2.23. The smallest absolute Gasteiger partial charge is 0.262 e. The lowest BCUT2D eigenvalue weighted by atomic mass is 10.3. The van der Waals surface area contributed by atoms with Crippen molar-refractivity contribution in [3.8, 4) is 0 Å². The Morgan fingerprint density at radius 3 is 2.25 bits per heavy atom. The van der Waals surface area contributed by atoms with Crippen LogP contribution in [0.3, 0.4) is 0 Å². The number of non-ortho nitro benzene ring substituents is 1. The molecule has 2 rings (SSSR count). The van der Waals surface area contributed by atoms with Gasteiger partial charge in [0, 0.05) is 18.2 Å². The minimum atomic E-state index is -4.14. The molecule has 0 fully saturated rings. The summed E-state index contributed by atoms with van der Waals surface area (Å²) in [6, 6.07) is 6.92. The summed E-state index contributed by atoms with van der Waals surface area (Å²) in [4.78, 5) is 9.76. The van der Waals surface area contributed by atoms with Crippen LogP contribution in [-0.2, 0) is 10.0 Å². The van der Waals surface area contributed by atoms with Gasteiger partial charge in [-0.15, -0.1) is 6.58 Å². The van der Waals surface area contributed by atoms with Gasteiger partial charge < -0.3 is 0 Å². The number of sulfonamides is 1. The zero-order chi connectivity index (χ0) is 17.9. The Morgan fingerprint density at radius 2 is 1.75 bits per heavy atom. The lowest BCUT2D eigenvalue weighted by Crippen LogP contribution is -2.31. The van der Waals surface area contributed by atoms with Crippen molar-refractivity contribution in [3.05, 3.63) is 76.9 Å². The molecule has 0 saturated heterocycles. The van der Waals surface area contributed by atoms with Gasteiger partial charge in [0.15, 0.2) is 11.6 Å². The van der Waals surface area contributed by atoms with Crippen molar-refractivity contribution in [1.82, 2.24) is 0 Å². The highest BCUT2D eigenvalue weighted by Crippen LogP contribution is 2.26. The van der Waals surface area contributed by atoms with Crippen molar-refractivity contribution < 1.29 is 22.1 Å². The number of nitro groups is 1. The molecule has 0 aliphatic heterocycles.